The van der Waals surface area contributed by atoms with E-state index in [0.717, 1.165) is 30.5 Å². The summed E-state index contributed by atoms with van der Waals surface area (Å²) in [5, 5.41) is 4.19. The predicted octanol–water partition coefficient (Wildman–Crippen LogP) is 3.32. The maximum absolute atomic E-state index is 13.4. The number of hydrogen-bond donors (Lipinski definition) is 0. The van der Waals surface area contributed by atoms with Gasteiger partial charge in [-0.15, -0.1) is 0 Å². The van der Waals surface area contributed by atoms with Crippen molar-refractivity contribution in [2.45, 2.75) is 38.6 Å². The molecule has 1 aromatic carbocycles. The highest BCUT2D eigenvalue weighted by atomic mass is 19.1. The minimum absolute atomic E-state index is 0.0549. The van der Waals surface area contributed by atoms with Crippen LogP contribution in [-0.4, -0.2) is 38.7 Å². The van der Waals surface area contributed by atoms with Gasteiger partial charge in [0.05, 0.1) is 18.3 Å². The molecule has 0 saturated carbocycles. The Balaban J connectivity index is 1.39. The van der Waals surface area contributed by atoms with E-state index < -0.39 is 0 Å². The van der Waals surface area contributed by atoms with Gasteiger partial charge in [0.15, 0.2) is 5.89 Å². The largest absolute Gasteiger partial charge is 0.445 e. The molecule has 3 aromatic rings. The third-order valence-corrected chi connectivity index (χ3v) is 5.02. The lowest BCUT2D eigenvalue weighted by Crippen LogP contribution is -2.41. The molecule has 0 radical (unpaired) electrons. The maximum Gasteiger partial charge on any atom is 0.244 e. The molecule has 1 amide bonds. The summed E-state index contributed by atoms with van der Waals surface area (Å²) in [6.45, 7) is 3.54. The van der Waals surface area contributed by atoms with E-state index in [1.54, 1.807) is 23.1 Å². The van der Waals surface area contributed by atoms with Gasteiger partial charge in [0.1, 0.15) is 18.1 Å². The second kappa shape index (κ2) is 7.96. The Morgan fingerprint density at radius 1 is 1.36 bits per heavy atom. The lowest BCUT2D eigenvalue weighted by molar-refractivity contribution is -0.133. The summed E-state index contributed by atoms with van der Waals surface area (Å²) in [6, 6.07) is 6.48. The molecule has 4 rings (SSSR count). The smallest absolute Gasteiger partial charge is 0.244 e. The van der Waals surface area contributed by atoms with Crippen LogP contribution in [0, 0.1) is 12.7 Å². The highest BCUT2D eigenvalue weighted by Gasteiger charge is 2.28. The van der Waals surface area contributed by atoms with Crippen LogP contribution in [0.15, 0.2) is 47.3 Å². The lowest BCUT2D eigenvalue weighted by atomic mass is 9.98. The van der Waals surface area contributed by atoms with Crippen LogP contribution in [0.4, 0.5) is 4.39 Å². The Kier molecular flexibility index (Phi) is 5.23. The summed E-state index contributed by atoms with van der Waals surface area (Å²) in [6.07, 6.45) is 7.67. The fourth-order valence-corrected chi connectivity index (χ4v) is 3.64. The summed E-state index contributed by atoms with van der Waals surface area (Å²) >= 11 is 0. The van der Waals surface area contributed by atoms with Gasteiger partial charge in [0.2, 0.25) is 5.91 Å². The van der Waals surface area contributed by atoms with Crippen LogP contribution in [0.25, 0.3) is 0 Å². The number of rotatable bonds is 5. The molecule has 3 heterocycles. The normalized spacial score (nSPS) is 17.1. The number of carbonyl (C=O) groups is 1. The first-order valence-electron chi connectivity index (χ1n) is 9.53. The van der Waals surface area contributed by atoms with Crippen molar-refractivity contribution in [3.8, 4) is 0 Å². The number of oxazole rings is 1. The third-order valence-electron chi connectivity index (χ3n) is 5.02. The molecule has 0 spiro atoms. The number of nitrogens with zero attached hydrogens (tertiary/aromatic N) is 4. The van der Waals surface area contributed by atoms with Crippen molar-refractivity contribution in [1.82, 2.24) is 19.7 Å². The number of aromatic nitrogens is 3. The molecule has 1 saturated heterocycles. The Hall–Kier alpha value is -2.96. The monoisotopic (exact) mass is 382 g/mol. The van der Waals surface area contributed by atoms with Crippen molar-refractivity contribution in [3.63, 3.8) is 0 Å². The van der Waals surface area contributed by atoms with Crippen LogP contribution < -0.4 is 0 Å². The predicted molar refractivity (Wildman–Crippen MR) is 101 cm³/mol. The van der Waals surface area contributed by atoms with E-state index in [1.807, 2.05) is 24.1 Å². The molecule has 146 valence electrons. The van der Waals surface area contributed by atoms with E-state index >= 15 is 0 Å². The van der Waals surface area contributed by atoms with E-state index in [4.69, 9.17) is 4.42 Å². The topological polar surface area (TPSA) is 64.2 Å². The molecule has 1 fully saturated rings. The average Bonchev–Trinajstić information content (AvgIpc) is 3.31. The summed E-state index contributed by atoms with van der Waals surface area (Å²) in [7, 11) is 0. The van der Waals surface area contributed by atoms with Gasteiger partial charge in [-0.1, -0.05) is 12.1 Å². The average molecular weight is 382 g/mol. The Labute approximate surface area is 163 Å². The molecule has 1 aliphatic heterocycles. The zero-order valence-electron chi connectivity index (χ0n) is 15.8. The minimum Gasteiger partial charge on any atom is -0.445 e. The van der Waals surface area contributed by atoms with Crippen LogP contribution in [0.1, 0.15) is 41.5 Å². The molecule has 6 nitrogen and oxygen atoms in total. The van der Waals surface area contributed by atoms with E-state index in [1.165, 1.54) is 12.1 Å². The van der Waals surface area contributed by atoms with Gasteiger partial charge < -0.3 is 9.32 Å². The van der Waals surface area contributed by atoms with Gasteiger partial charge in [0, 0.05) is 25.7 Å². The van der Waals surface area contributed by atoms with E-state index in [2.05, 4.69) is 10.1 Å². The number of aryl methyl sites for hydroxylation is 1. The molecule has 28 heavy (non-hydrogen) atoms. The van der Waals surface area contributed by atoms with Crippen LogP contribution in [0.3, 0.4) is 0 Å². The molecular formula is C21H23FN4O2. The Bertz CT molecular complexity index is 965. The highest BCUT2D eigenvalue weighted by molar-refractivity contribution is 5.76. The number of hydrogen-bond acceptors (Lipinski definition) is 4. The molecule has 0 bridgehead atoms. The van der Waals surface area contributed by atoms with Crippen molar-refractivity contribution < 1.29 is 13.6 Å². The number of amides is 1. The molecule has 0 N–H and O–H groups in total. The number of likely N-dealkylation sites (tertiary alicyclic amines) is 1. The second-order valence-electron chi connectivity index (χ2n) is 7.37. The number of carbonyl (C=O) groups excluding carboxylic acids is 1. The zero-order chi connectivity index (χ0) is 19.5. The SMILES string of the molecule is Cc1cnn(CC(=O)N2CCC[C@@H](c3ncc(Cc4cccc(F)c4)o3)C2)c1. The van der Waals surface area contributed by atoms with Gasteiger partial charge in [-0.3, -0.25) is 9.48 Å². The van der Waals surface area contributed by atoms with Gasteiger partial charge >= 0.3 is 0 Å². The molecule has 0 unspecified atom stereocenters. The van der Waals surface area contributed by atoms with E-state index in [0.29, 0.717) is 24.6 Å². The number of piperidine rings is 1. The van der Waals surface area contributed by atoms with Gasteiger partial charge in [-0.25, -0.2) is 9.37 Å². The van der Waals surface area contributed by atoms with Gasteiger partial charge in [-0.05, 0) is 43.0 Å². The van der Waals surface area contributed by atoms with Crippen molar-refractivity contribution >= 4 is 5.91 Å². The molecule has 2 aromatic heterocycles. The number of halogens is 1. The van der Waals surface area contributed by atoms with Crippen LogP contribution >= 0.6 is 0 Å². The van der Waals surface area contributed by atoms with Crippen molar-refractivity contribution in [1.29, 1.82) is 0 Å². The van der Waals surface area contributed by atoms with Crippen molar-refractivity contribution in [2.75, 3.05) is 13.1 Å². The fourth-order valence-electron chi connectivity index (χ4n) is 3.64. The molecule has 1 atom stereocenters. The summed E-state index contributed by atoms with van der Waals surface area (Å²) in [4.78, 5) is 18.9. The first-order chi connectivity index (χ1) is 13.6. The zero-order valence-corrected chi connectivity index (χ0v) is 15.8. The first-order valence-corrected chi connectivity index (χ1v) is 9.53. The second-order valence-corrected chi connectivity index (χ2v) is 7.37. The Morgan fingerprint density at radius 2 is 2.25 bits per heavy atom. The van der Waals surface area contributed by atoms with Crippen LogP contribution in [0.5, 0.6) is 0 Å². The van der Waals surface area contributed by atoms with Gasteiger partial charge in [-0.2, -0.15) is 5.10 Å². The summed E-state index contributed by atoms with van der Waals surface area (Å²) in [5.74, 6) is 1.23. The molecular weight excluding hydrogens is 359 g/mol. The molecule has 7 heteroatoms. The lowest BCUT2D eigenvalue weighted by Gasteiger charge is -2.31. The maximum atomic E-state index is 13.4. The fraction of sp³-hybridized carbons (Fsp3) is 0.381. The summed E-state index contributed by atoms with van der Waals surface area (Å²) in [5.41, 5.74) is 1.88. The van der Waals surface area contributed by atoms with Crippen molar-refractivity contribution in [3.05, 3.63) is 71.5 Å². The minimum atomic E-state index is -0.258. The van der Waals surface area contributed by atoms with E-state index in [-0.39, 0.29) is 24.2 Å². The first kappa shape index (κ1) is 18.4. The van der Waals surface area contributed by atoms with Gasteiger partial charge in [0.25, 0.3) is 0 Å². The third kappa shape index (κ3) is 4.30. The molecule has 0 aliphatic carbocycles. The highest BCUT2D eigenvalue weighted by Crippen LogP contribution is 2.27. The standard InChI is InChI=1S/C21H23FN4O2/c1-15-10-24-26(12-15)14-20(27)25-7-3-5-17(13-25)21-23-11-19(28-21)9-16-4-2-6-18(22)8-16/h2,4,6,8,10-12,17H,3,5,7,9,13-14H2,1H3/t17-/m1/s1. The van der Waals surface area contributed by atoms with Crippen molar-refractivity contribution in [2.24, 2.45) is 0 Å². The summed E-state index contributed by atoms with van der Waals surface area (Å²) < 4.78 is 21.0. The van der Waals surface area contributed by atoms with E-state index in [9.17, 15) is 9.18 Å². The van der Waals surface area contributed by atoms with Crippen LogP contribution in [0.2, 0.25) is 0 Å². The van der Waals surface area contributed by atoms with Crippen LogP contribution in [-0.2, 0) is 17.8 Å². The molecule has 1 aliphatic rings. The number of benzene rings is 1. The quantitative estimate of drug-likeness (QED) is 0.679. The Morgan fingerprint density at radius 3 is 3.04 bits per heavy atom.